The van der Waals surface area contributed by atoms with Crippen molar-refractivity contribution >= 4 is 27.5 Å². The third kappa shape index (κ3) is 4.65. The van der Waals surface area contributed by atoms with Gasteiger partial charge in [0, 0.05) is 16.8 Å². The van der Waals surface area contributed by atoms with Crippen LogP contribution in [-0.2, 0) is 6.18 Å². The van der Waals surface area contributed by atoms with Gasteiger partial charge in [0.25, 0.3) is 0 Å². The van der Waals surface area contributed by atoms with E-state index in [2.05, 4.69) is 15.9 Å². The van der Waals surface area contributed by atoms with Gasteiger partial charge in [-0.25, -0.2) is 0 Å². The molecule has 0 aliphatic rings. The van der Waals surface area contributed by atoms with Crippen LogP contribution in [0.2, 0.25) is 0 Å². The van der Waals surface area contributed by atoms with Crippen molar-refractivity contribution in [3.8, 4) is 5.75 Å². The molecule has 22 heavy (non-hydrogen) atoms. The second-order valence-electron chi connectivity index (χ2n) is 4.66. The van der Waals surface area contributed by atoms with Crippen molar-refractivity contribution in [1.82, 2.24) is 0 Å². The normalized spacial score (nSPS) is 13.0. The minimum Gasteiger partial charge on any atom is -0.486 e. The Kier molecular flexibility index (Phi) is 5.75. The van der Waals surface area contributed by atoms with Crippen LogP contribution in [0, 0.1) is 0 Å². The van der Waals surface area contributed by atoms with Crippen LogP contribution in [0.25, 0.3) is 0 Å². The number of halogens is 5. The number of alkyl halides is 4. The molecule has 0 aliphatic heterocycles. The van der Waals surface area contributed by atoms with Gasteiger partial charge in [-0.3, -0.25) is 0 Å². The Bertz CT molecular complexity index is 596. The summed E-state index contributed by atoms with van der Waals surface area (Å²) in [5, 5.41) is 0. The Morgan fingerprint density at radius 1 is 1.00 bits per heavy atom. The van der Waals surface area contributed by atoms with E-state index in [1.807, 2.05) is 24.3 Å². The molecular formula is C16H13BrClF3O. The summed E-state index contributed by atoms with van der Waals surface area (Å²) in [7, 11) is 0. The average molecular weight is 394 g/mol. The molecule has 1 atom stereocenters. The monoisotopic (exact) mass is 392 g/mol. The Hall–Kier alpha value is -1.20. The minimum absolute atomic E-state index is 0.303. The fraction of sp³-hybridized carbons (Fsp3) is 0.250. The summed E-state index contributed by atoms with van der Waals surface area (Å²) in [5.74, 6) is 0.771. The summed E-state index contributed by atoms with van der Waals surface area (Å²) >= 11 is 9.14. The van der Waals surface area contributed by atoms with E-state index in [4.69, 9.17) is 16.3 Å². The summed E-state index contributed by atoms with van der Waals surface area (Å²) in [4.78, 5) is 0. The molecule has 0 aromatic heterocycles. The first kappa shape index (κ1) is 17.2. The quantitative estimate of drug-likeness (QED) is 0.548. The van der Waals surface area contributed by atoms with Crippen LogP contribution in [0.3, 0.4) is 0 Å². The van der Waals surface area contributed by atoms with E-state index >= 15 is 0 Å². The van der Waals surface area contributed by atoms with E-state index in [9.17, 15) is 13.2 Å². The smallest absolute Gasteiger partial charge is 0.416 e. The highest BCUT2D eigenvalue weighted by Gasteiger charge is 2.30. The zero-order valence-corrected chi connectivity index (χ0v) is 13.8. The number of benzene rings is 2. The molecular weight excluding hydrogens is 381 g/mol. The zero-order valence-electron chi connectivity index (χ0n) is 11.4. The van der Waals surface area contributed by atoms with E-state index in [1.165, 1.54) is 12.1 Å². The van der Waals surface area contributed by atoms with Crippen LogP contribution in [0.4, 0.5) is 13.2 Å². The number of ether oxygens (including phenoxy) is 1. The largest absolute Gasteiger partial charge is 0.486 e. The van der Waals surface area contributed by atoms with Crippen LogP contribution in [0.15, 0.2) is 53.0 Å². The first-order valence-corrected chi connectivity index (χ1v) is 7.88. The molecule has 0 heterocycles. The predicted octanol–water partition coefficient (Wildman–Crippen LogP) is 6.22. The molecule has 1 unspecified atom stereocenters. The lowest BCUT2D eigenvalue weighted by molar-refractivity contribution is -0.137. The van der Waals surface area contributed by atoms with Gasteiger partial charge in [0.2, 0.25) is 0 Å². The van der Waals surface area contributed by atoms with Crippen LogP contribution < -0.4 is 4.74 Å². The summed E-state index contributed by atoms with van der Waals surface area (Å²) in [6.07, 6.45) is -4.09. The van der Waals surface area contributed by atoms with Gasteiger partial charge in [0.15, 0.2) is 0 Å². The highest BCUT2D eigenvalue weighted by Crippen LogP contribution is 2.32. The van der Waals surface area contributed by atoms with Crippen molar-refractivity contribution in [2.45, 2.75) is 18.7 Å². The SMILES string of the molecule is FC(F)(F)c1ccc(OC(CCCl)c2ccc(Br)cc2)cc1. The lowest BCUT2D eigenvalue weighted by Crippen LogP contribution is -2.09. The van der Waals surface area contributed by atoms with Gasteiger partial charge < -0.3 is 4.74 Å². The number of rotatable bonds is 5. The Balaban J connectivity index is 2.15. The van der Waals surface area contributed by atoms with Gasteiger partial charge in [-0.05, 0) is 42.0 Å². The maximum Gasteiger partial charge on any atom is 0.416 e. The van der Waals surface area contributed by atoms with E-state index in [0.29, 0.717) is 18.1 Å². The third-order valence-electron chi connectivity index (χ3n) is 3.07. The molecule has 2 aromatic carbocycles. The van der Waals surface area contributed by atoms with Gasteiger partial charge in [-0.2, -0.15) is 13.2 Å². The average Bonchev–Trinajstić information content (AvgIpc) is 2.47. The molecule has 0 fully saturated rings. The first-order valence-electron chi connectivity index (χ1n) is 6.55. The molecule has 0 spiro atoms. The Labute approximate surface area is 140 Å². The molecule has 0 aliphatic carbocycles. The van der Waals surface area contributed by atoms with Crippen molar-refractivity contribution in [3.05, 3.63) is 64.1 Å². The second-order valence-corrected chi connectivity index (χ2v) is 5.95. The van der Waals surface area contributed by atoms with Crippen molar-refractivity contribution in [2.75, 3.05) is 5.88 Å². The van der Waals surface area contributed by atoms with E-state index in [1.54, 1.807) is 0 Å². The molecule has 2 rings (SSSR count). The van der Waals surface area contributed by atoms with Gasteiger partial charge in [-0.15, -0.1) is 11.6 Å². The van der Waals surface area contributed by atoms with E-state index < -0.39 is 11.7 Å². The molecule has 0 saturated heterocycles. The maximum atomic E-state index is 12.5. The lowest BCUT2D eigenvalue weighted by atomic mass is 10.1. The molecule has 6 heteroatoms. The molecule has 2 aromatic rings. The van der Waals surface area contributed by atoms with Crippen molar-refractivity contribution in [3.63, 3.8) is 0 Å². The van der Waals surface area contributed by atoms with Crippen molar-refractivity contribution < 1.29 is 17.9 Å². The van der Waals surface area contributed by atoms with Crippen LogP contribution in [0.5, 0.6) is 5.75 Å². The minimum atomic E-state index is -4.35. The molecule has 0 radical (unpaired) electrons. The Morgan fingerprint density at radius 2 is 1.59 bits per heavy atom. The fourth-order valence-electron chi connectivity index (χ4n) is 1.96. The van der Waals surface area contributed by atoms with E-state index in [-0.39, 0.29) is 6.10 Å². The third-order valence-corrected chi connectivity index (χ3v) is 3.82. The first-order chi connectivity index (χ1) is 10.4. The summed E-state index contributed by atoms with van der Waals surface area (Å²) < 4.78 is 44.4. The van der Waals surface area contributed by atoms with E-state index in [0.717, 1.165) is 22.2 Å². The summed E-state index contributed by atoms with van der Waals surface area (Å²) in [5.41, 5.74) is 0.223. The highest BCUT2D eigenvalue weighted by atomic mass is 79.9. The number of hydrogen-bond acceptors (Lipinski definition) is 1. The van der Waals surface area contributed by atoms with Crippen molar-refractivity contribution in [1.29, 1.82) is 0 Å². The highest BCUT2D eigenvalue weighted by molar-refractivity contribution is 9.10. The summed E-state index contributed by atoms with van der Waals surface area (Å²) in [6, 6.07) is 12.2. The van der Waals surface area contributed by atoms with Gasteiger partial charge in [0.1, 0.15) is 11.9 Å². The topological polar surface area (TPSA) is 9.23 Å². The lowest BCUT2D eigenvalue weighted by Gasteiger charge is -2.19. The molecule has 0 N–H and O–H groups in total. The summed E-state index contributed by atoms with van der Waals surface area (Å²) in [6.45, 7) is 0. The molecule has 0 saturated carbocycles. The van der Waals surface area contributed by atoms with Gasteiger partial charge >= 0.3 is 6.18 Å². The molecule has 0 amide bonds. The second kappa shape index (κ2) is 7.38. The van der Waals surface area contributed by atoms with Gasteiger partial charge in [-0.1, -0.05) is 28.1 Å². The Morgan fingerprint density at radius 3 is 2.09 bits per heavy atom. The molecule has 0 bridgehead atoms. The predicted molar refractivity (Wildman–Crippen MR) is 84.3 cm³/mol. The molecule has 1 nitrogen and oxygen atoms in total. The van der Waals surface area contributed by atoms with Crippen molar-refractivity contribution in [2.24, 2.45) is 0 Å². The van der Waals surface area contributed by atoms with Crippen LogP contribution >= 0.6 is 27.5 Å². The fourth-order valence-corrected chi connectivity index (χ4v) is 2.42. The van der Waals surface area contributed by atoms with Crippen LogP contribution in [0.1, 0.15) is 23.7 Å². The molecule has 118 valence electrons. The number of hydrogen-bond donors (Lipinski definition) is 0. The van der Waals surface area contributed by atoms with Crippen LogP contribution in [-0.4, -0.2) is 5.88 Å². The van der Waals surface area contributed by atoms with Gasteiger partial charge in [0.05, 0.1) is 5.56 Å². The maximum absolute atomic E-state index is 12.5. The standard InChI is InChI=1S/C16H13BrClF3O/c17-13-5-1-11(2-6-13)15(9-10-18)22-14-7-3-12(4-8-14)16(19,20)21/h1-8,15H,9-10H2. The zero-order chi connectivity index (χ0) is 16.2.